The number of piperidine rings is 1. The monoisotopic (exact) mass is 332 g/mol. The number of ether oxygens (including phenoxy) is 2. The zero-order valence-corrected chi connectivity index (χ0v) is 14.7. The van der Waals surface area contributed by atoms with Gasteiger partial charge in [-0.2, -0.15) is 0 Å². The van der Waals surface area contributed by atoms with Crippen molar-refractivity contribution in [1.29, 1.82) is 0 Å². The second-order valence-corrected chi connectivity index (χ2v) is 6.82. The zero-order valence-electron chi connectivity index (χ0n) is 14.7. The number of carbonyl (C=O) groups excluding carboxylic acids is 1. The second kappa shape index (κ2) is 7.53. The molecule has 1 aromatic carbocycles. The molecule has 1 spiro atoms. The van der Waals surface area contributed by atoms with Gasteiger partial charge in [-0.05, 0) is 38.3 Å². The van der Waals surface area contributed by atoms with Gasteiger partial charge in [0, 0.05) is 32.4 Å². The minimum absolute atomic E-state index is 0.0594. The van der Waals surface area contributed by atoms with Crippen LogP contribution < -0.4 is 4.90 Å². The molecule has 1 aromatic rings. The smallest absolute Gasteiger partial charge is 0.248 e. The Kier molecular flexibility index (Phi) is 5.41. The van der Waals surface area contributed by atoms with Gasteiger partial charge in [0.25, 0.3) is 0 Å². The van der Waals surface area contributed by atoms with E-state index in [-0.39, 0.29) is 18.1 Å². The van der Waals surface area contributed by atoms with Gasteiger partial charge in [-0.15, -0.1) is 0 Å². The predicted octanol–water partition coefficient (Wildman–Crippen LogP) is 2.31. The molecule has 5 heteroatoms. The highest BCUT2D eigenvalue weighted by molar-refractivity contribution is 5.77. The molecule has 5 nitrogen and oxygen atoms in total. The van der Waals surface area contributed by atoms with Gasteiger partial charge >= 0.3 is 0 Å². The van der Waals surface area contributed by atoms with E-state index in [0.29, 0.717) is 12.6 Å². The average molecular weight is 332 g/mol. The van der Waals surface area contributed by atoms with Crippen LogP contribution in [-0.4, -0.2) is 62.4 Å². The first-order valence-electron chi connectivity index (χ1n) is 8.91. The van der Waals surface area contributed by atoms with Crippen LogP contribution in [-0.2, 0) is 14.3 Å². The van der Waals surface area contributed by atoms with Crippen LogP contribution in [0.4, 0.5) is 5.69 Å². The summed E-state index contributed by atoms with van der Waals surface area (Å²) >= 11 is 0. The van der Waals surface area contributed by atoms with Crippen molar-refractivity contribution in [2.75, 3.05) is 44.9 Å². The summed E-state index contributed by atoms with van der Waals surface area (Å²) in [7, 11) is 2.14. The summed E-state index contributed by atoms with van der Waals surface area (Å²) in [5, 5.41) is 0. The maximum absolute atomic E-state index is 12.1. The summed E-state index contributed by atoms with van der Waals surface area (Å²) in [4.78, 5) is 16.3. The molecule has 0 aliphatic carbocycles. The molecule has 2 fully saturated rings. The van der Waals surface area contributed by atoms with Crippen molar-refractivity contribution in [3.8, 4) is 0 Å². The van der Waals surface area contributed by atoms with E-state index in [1.807, 2.05) is 17.9 Å². The highest BCUT2D eigenvalue weighted by Crippen LogP contribution is 2.38. The van der Waals surface area contributed by atoms with E-state index in [2.05, 4.69) is 36.2 Å². The zero-order chi connectivity index (χ0) is 17.0. The average Bonchev–Trinajstić information content (AvgIpc) is 3.04. The number of likely N-dealkylation sites (tertiary alicyclic amines) is 1. The highest BCUT2D eigenvalue weighted by Gasteiger charge is 2.44. The Morgan fingerprint density at radius 3 is 2.71 bits per heavy atom. The molecule has 0 bridgehead atoms. The van der Waals surface area contributed by atoms with Gasteiger partial charge in [0.05, 0.1) is 18.2 Å². The van der Waals surface area contributed by atoms with Crippen LogP contribution in [0.15, 0.2) is 30.3 Å². The van der Waals surface area contributed by atoms with Crippen LogP contribution in [0.2, 0.25) is 0 Å². The topological polar surface area (TPSA) is 42.0 Å². The summed E-state index contributed by atoms with van der Waals surface area (Å²) < 4.78 is 11.5. The van der Waals surface area contributed by atoms with Crippen LogP contribution in [0.3, 0.4) is 0 Å². The number of nitrogens with zero attached hydrogens (tertiary/aromatic N) is 2. The van der Waals surface area contributed by atoms with Crippen LogP contribution >= 0.6 is 0 Å². The molecular weight excluding hydrogens is 304 g/mol. The number of hydrogen-bond acceptors (Lipinski definition) is 4. The van der Waals surface area contributed by atoms with Crippen molar-refractivity contribution in [3.05, 3.63) is 30.3 Å². The number of amides is 1. The van der Waals surface area contributed by atoms with Crippen molar-refractivity contribution in [3.63, 3.8) is 0 Å². The fourth-order valence-electron chi connectivity index (χ4n) is 3.74. The van der Waals surface area contributed by atoms with Crippen LogP contribution in [0.25, 0.3) is 0 Å². The molecule has 0 saturated carbocycles. The normalized spacial score (nSPS) is 22.8. The summed E-state index contributed by atoms with van der Waals surface area (Å²) in [5.41, 5.74) is 1.17. The van der Waals surface area contributed by atoms with E-state index in [4.69, 9.17) is 9.47 Å². The van der Waals surface area contributed by atoms with E-state index in [1.165, 1.54) is 5.69 Å². The lowest BCUT2D eigenvalue weighted by Crippen LogP contribution is -2.48. The number of anilines is 1. The third-order valence-electron chi connectivity index (χ3n) is 5.36. The molecule has 2 aliphatic rings. The fraction of sp³-hybridized carbons (Fsp3) is 0.632. The molecule has 24 heavy (non-hydrogen) atoms. The molecule has 0 unspecified atom stereocenters. The third kappa shape index (κ3) is 3.73. The Morgan fingerprint density at radius 2 is 2.04 bits per heavy atom. The van der Waals surface area contributed by atoms with E-state index in [9.17, 15) is 4.79 Å². The first kappa shape index (κ1) is 17.2. The molecule has 0 aromatic heterocycles. The first-order chi connectivity index (χ1) is 11.6. The van der Waals surface area contributed by atoms with Crippen molar-refractivity contribution < 1.29 is 14.3 Å². The molecule has 0 radical (unpaired) electrons. The Labute approximate surface area is 144 Å². The van der Waals surface area contributed by atoms with Crippen molar-refractivity contribution >= 4 is 11.6 Å². The number of likely N-dealkylation sites (N-methyl/N-ethyl adjacent to an activating group) is 1. The molecule has 3 rings (SSSR count). The number of hydrogen-bond donors (Lipinski definition) is 0. The molecule has 2 saturated heterocycles. The van der Waals surface area contributed by atoms with E-state index in [0.717, 1.165) is 39.0 Å². The largest absolute Gasteiger partial charge is 0.373 e. The van der Waals surface area contributed by atoms with Crippen LogP contribution in [0.5, 0.6) is 0 Å². The standard InChI is InChI=1S/C19H28N2O3/c1-3-23-15-18(22)21-11-9-19(10-12-21)13-17(14-24-19)20(2)16-7-5-4-6-8-16/h4-8,17H,3,9-15H2,1-2H3/t17-/m1/s1. The van der Waals surface area contributed by atoms with Gasteiger partial charge in [0.15, 0.2) is 0 Å². The Hall–Kier alpha value is -1.59. The molecular formula is C19H28N2O3. The van der Waals surface area contributed by atoms with Crippen molar-refractivity contribution in [2.45, 2.75) is 37.8 Å². The molecule has 1 atom stereocenters. The summed E-state index contributed by atoms with van der Waals surface area (Å²) in [6.07, 6.45) is 2.87. The summed E-state index contributed by atoms with van der Waals surface area (Å²) in [6, 6.07) is 10.9. The van der Waals surface area contributed by atoms with E-state index in [1.54, 1.807) is 0 Å². The molecule has 2 aliphatic heterocycles. The molecule has 1 amide bonds. The van der Waals surface area contributed by atoms with E-state index < -0.39 is 0 Å². The number of rotatable bonds is 5. The Morgan fingerprint density at radius 1 is 1.33 bits per heavy atom. The van der Waals surface area contributed by atoms with Gasteiger partial charge in [-0.1, -0.05) is 18.2 Å². The number of carbonyl (C=O) groups is 1. The Balaban J connectivity index is 1.53. The Bertz CT molecular complexity index is 541. The fourth-order valence-corrected chi connectivity index (χ4v) is 3.74. The van der Waals surface area contributed by atoms with Crippen LogP contribution in [0, 0.1) is 0 Å². The minimum Gasteiger partial charge on any atom is -0.373 e. The number of para-hydroxylation sites is 1. The quantitative estimate of drug-likeness (QED) is 0.830. The van der Waals surface area contributed by atoms with E-state index >= 15 is 0 Å². The summed E-state index contributed by atoms with van der Waals surface area (Å²) in [6.45, 7) is 5.00. The maximum atomic E-state index is 12.1. The van der Waals surface area contributed by atoms with Crippen molar-refractivity contribution in [1.82, 2.24) is 4.90 Å². The third-order valence-corrected chi connectivity index (χ3v) is 5.36. The molecule has 2 heterocycles. The van der Waals surface area contributed by atoms with Gasteiger partial charge < -0.3 is 19.3 Å². The number of benzene rings is 1. The lowest BCUT2D eigenvalue weighted by atomic mass is 9.87. The molecule has 0 N–H and O–H groups in total. The van der Waals surface area contributed by atoms with Gasteiger partial charge in [-0.3, -0.25) is 4.79 Å². The second-order valence-electron chi connectivity index (χ2n) is 6.82. The first-order valence-corrected chi connectivity index (χ1v) is 8.91. The SMILES string of the molecule is CCOCC(=O)N1CCC2(CC1)C[C@@H](N(C)c1ccccc1)CO2. The van der Waals surface area contributed by atoms with Gasteiger partial charge in [-0.25, -0.2) is 0 Å². The van der Waals surface area contributed by atoms with Crippen molar-refractivity contribution in [2.24, 2.45) is 0 Å². The molecule has 132 valence electrons. The maximum Gasteiger partial charge on any atom is 0.248 e. The lowest BCUT2D eigenvalue weighted by Gasteiger charge is -2.39. The van der Waals surface area contributed by atoms with Gasteiger partial charge in [0.1, 0.15) is 6.61 Å². The van der Waals surface area contributed by atoms with Gasteiger partial charge in [0.2, 0.25) is 5.91 Å². The van der Waals surface area contributed by atoms with Crippen LogP contribution in [0.1, 0.15) is 26.2 Å². The highest BCUT2D eigenvalue weighted by atomic mass is 16.5. The lowest BCUT2D eigenvalue weighted by molar-refractivity contribution is -0.140. The predicted molar refractivity (Wildman–Crippen MR) is 94.2 cm³/mol. The minimum atomic E-state index is -0.0594. The summed E-state index contributed by atoms with van der Waals surface area (Å²) in [5.74, 6) is 0.0997.